The van der Waals surface area contributed by atoms with Gasteiger partial charge in [0.25, 0.3) is 0 Å². The fraction of sp³-hybridized carbons (Fsp3) is 0.200. The Morgan fingerprint density at radius 1 is 1.50 bits per heavy atom. The van der Waals surface area contributed by atoms with Crippen LogP contribution in [0.2, 0.25) is 0 Å². The molecule has 0 spiro atoms. The third-order valence-corrected chi connectivity index (χ3v) is 2.21. The van der Waals surface area contributed by atoms with E-state index in [1.54, 1.807) is 12.4 Å². The van der Waals surface area contributed by atoms with Gasteiger partial charge < -0.3 is 5.73 Å². The number of aromatic amines is 1. The Labute approximate surface area is 82.2 Å². The van der Waals surface area contributed by atoms with E-state index in [1.807, 2.05) is 19.1 Å². The minimum atomic E-state index is 0.493. The van der Waals surface area contributed by atoms with Crippen LogP contribution in [0.25, 0.3) is 11.3 Å². The molecule has 4 nitrogen and oxygen atoms in total. The Kier molecular flexibility index (Phi) is 2.28. The van der Waals surface area contributed by atoms with Crippen LogP contribution in [0.1, 0.15) is 11.3 Å². The first-order chi connectivity index (χ1) is 6.83. The molecule has 0 bridgehead atoms. The molecule has 2 aromatic rings. The van der Waals surface area contributed by atoms with E-state index < -0.39 is 0 Å². The van der Waals surface area contributed by atoms with Gasteiger partial charge in [-0.25, -0.2) is 0 Å². The lowest BCUT2D eigenvalue weighted by Crippen LogP contribution is -1.98. The van der Waals surface area contributed by atoms with Crippen molar-refractivity contribution >= 4 is 0 Å². The monoisotopic (exact) mass is 188 g/mol. The lowest BCUT2D eigenvalue weighted by molar-refractivity contribution is 1.02. The second-order valence-corrected chi connectivity index (χ2v) is 3.12. The average Bonchev–Trinajstić information content (AvgIpc) is 2.61. The summed E-state index contributed by atoms with van der Waals surface area (Å²) in [6.07, 6.45) is 3.53. The summed E-state index contributed by atoms with van der Waals surface area (Å²) in [6.45, 7) is 2.46. The van der Waals surface area contributed by atoms with Crippen LogP contribution in [0.15, 0.2) is 24.5 Å². The Hall–Kier alpha value is -1.68. The molecule has 0 unspecified atom stereocenters. The van der Waals surface area contributed by atoms with Crippen LogP contribution in [0.5, 0.6) is 0 Å². The number of aryl methyl sites for hydroxylation is 1. The third kappa shape index (κ3) is 1.40. The summed E-state index contributed by atoms with van der Waals surface area (Å²) in [5.74, 6) is 0. The number of hydrogen-bond donors (Lipinski definition) is 2. The highest BCUT2D eigenvalue weighted by atomic mass is 15.1. The summed E-state index contributed by atoms with van der Waals surface area (Å²) in [5.41, 5.74) is 9.62. The number of rotatable bonds is 2. The molecular formula is C10H12N4. The smallest absolute Gasteiger partial charge is 0.0983 e. The van der Waals surface area contributed by atoms with E-state index >= 15 is 0 Å². The van der Waals surface area contributed by atoms with Crippen LogP contribution in [0.3, 0.4) is 0 Å². The molecular weight excluding hydrogens is 176 g/mol. The fourth-order valence-electron chi connectivity index (χ4n) is 1.44. The molecule has 0 aliphatic carbocycles. The molecule has 0 fully saturated rings. The lowest BCUT2D eigenvalue weighted by atomic mass is 10.1. The number of H-pyrrole nitrogens is 1. The van der Waals surface area contributed by atoms with Crippen molar-refractivity contribution < 1.29 is 0 Å². The fourth-order valence-corrected chi connectivity index (χ4v) is 1.44. The molecule has 0 amide bonds. The molecule has 14 heavy (non-hydrogen) atoms. The predicted molar refractivity (Wildman–Crippen MR) is 54.4 cm³/mol. The quantitative estimate of drug-likeness (QED) is 0.745. The van der Waals surface area contributed by atoms with E-state index in [4.69, 9.17) is 5.73 Å². The van der Waals surface area contributed by atoms with Gasteiger partial charge in [-0.05, 0) is 19.1 Å². The predicted octanol–water partition coefficient (Wildman–Crippen LogP) is 1.24. The Balaban J connectivity index is 2.52. The number of hydrogen-bond acceptors (Lipinski definition) is 3. The maximum atomic E-state index is 5.65. The average molecular weight is 188 g/mol. The van der Waals surface area contributed by atoms with Gasteiger partial charge in [-0.15, -0.1) is 0 Å². The largest absolute Gasteiger partial charge is 0.326 e. The molecule has 0 aliphatic heterocycles. The first-order valence-electron chi connectivity index (χ1n) is 4.47. The minimum absolute atomic E-state index is 0.493. The van der Waals surface area contributed by atoms with Gasteiger partial charge in [0.1, 0.15) is 0 Å². The molecule has 2 rings (SSSR count). The normalized spacial score (nSPS) is 10.4. The molecule has 0 aliphatic rings. The maximum Gasteiger partial charge on any atom is 0.0983 e. The van der Waals surface area contributed by atoms with Crippen LogP contribution in [-0.4, -0.2) is 15.2 Å². The molecule has 72 valence electrons. The van der Waals surface area contributed by atoms with Crippen molar-refractivity contribution in [3.8, 4) is 11.3 Å². The highest BCUT2D eigenvalue weighted by Crippen LogP contribution is 2.21. The van der Waals surface area contributed by atoms with Gasteiger partial charge >= 0.3 is 0 Å². The van der Waals surface area contributed by atoms with E-state index in [1.165, 1.54) is 0 Å². The van der Waals surface area contributed by atoms with Crippen LogP contribution in [0, 0.1) is 6.92 Å². The Bertz CT molecular complexity index is 419. The van der Waals surface area contributed by atoms with Crippen LogP contribution in [0.4, 0.5) is 0 Å². The topological polar surface area (TPSA) is 67.6 Å². The van der Waals surface area contributed by atoms with Gasteiger partial charge in [0.05, 0.1) is 5.69 Å². The van der Waals surface area contributed by atoms with E-state index in [9.17, 15) is 0 Å². The second kappa shape index (κ2) is 3.59. The first kappa shape index (κ1) is 8.90. The Morgan fingerprint density at radius 2 is 2.36 bits per heavy atom. The zero-order valence-electron chi connectivity index (χ0n) is 7.99. The highest BCUT2D eigenvalue weighted by Gasteiger charge is 2.09. The highest BCUT2D eigenvalue weighted by molar-refractivity contribution is 5.62. The summed E-state index contributed by atoms with van der Waals surface area (Å²) in [7, 11) is 0. The van der Waals surface area contributed by atoms with Crippen molar-refractivity contribution in [1.29, 1.82) is 0 Å². The van der Waals surface area contributed by atoms with E-state index in [2.05, 4.69) is 15.2 Å². The standard InChI is InChI=1S/C10H12N4/c1-7-9(5-11)10(14-13-7)8-3-2-4-12-6-8/h2-4,6H,5,11H2,1H3,(H,13,14). The molecule has 0 radical (unpaired) electrons. The molecule has 2 heterocycles. The summed E-state index contributed by atoms with van der Waals surface area (Å²) in [4.78, 5) is 4.05. The molecule has 3 N–H and O–H groups in total. The third-order valence-electron chi connectivity index (χ3n) is 2.21. The molecule has 2 aromatic heterocycles. The molecule has 0 aromatic carbocycles. The number of nitrogens with zero attached hydrogens (tertiary/aromatic N) is 2. The number of nitrogens with one attached hydrogen (secondary N) is 1. The van der Waals surface area contributed by atoms with Gasteiger partial charge in [0, 0.05) is 35.8 Å². The number of nitrogens with two attached hydrogens (primary N) is 1. The van der Waals surface area contributed by atoms with E-state index in [0.29, 0.717) is 6.54 Å². The molecule has 4 heteroatoms. The van der Waals surface area contributed by atoms with Crippen molar-refractivity contribution in [2.75, 3.05) is 0 Å². The molecule has 0 atom stereocenters. The van der Waals surface area contributed by atoms with Gasteiger partial charge in [-0.1, -0.05) is 0 Å². The zero-order chi connectivity index (χ0) is 9.97. The number of pyridine rings is 1. The van der Waals surface area contributed by atoms with Crippen molar-refractivity contribution in [3.05, 3.63) is 35.8 Å². The van der Waals surface area contributed by atoms with Gasteiger partial charge in [0.15, 0.2) is 0 Å². The van der Waals surface area contributed by atoms with Crippen molar-refractivity contribution in [2.45, 2.75) is 13.5 Å². The summed E-state index contributed by atoms with van der Waals surface area (Å²) in [6, 6.07) is 3.86. The summed E-state index contributed by atoms with van der Waals surface area (Å²) in [5, 5.41) is 7.14. The van der Waals surface area contributed by atoms with Gasteiger partial charge in [0.2, 0.25) is 0 Å². The first-order valence-corrected chi connectivity index (χ1v) is 4.47. The zero-order valence-corrected chi connectivity index (χ0v) is 7.99. The molecule has 0 saturated carbocycles. The molecule has 0 saturated heterocycles. The van der Waals surface area contributed by atoms with Gasteiger partial charge in [-0.2, -0.15) is 5.10 Å². The van der Waals surface area contributed by atoms with Crippen molar-refractivity contribution in [2.24, 2.45) is 5.73 Å². The summed E-state index contributed by atoms with van der Waals surface area (Å²) < 4.78 is 0. The Morgan fingerprint density at radius 3 is 3.00 bits per heavy atom. The number of aromatic nitrogens is 3. The summed E-state index contributed by atoms with van der Waals surface area (Å²) >= 11 is 0. The van der Waals surface area contributed by atoms with Crippen LogP contribution >= 0.6 is 0 Å². The second-order valence-electron chi connectivity index (χ2n) is 3.12. The lowest BCUT2D eigenvalue weighted by Gasteiger charge is -1.99. The van der Waals surface area contributed by atoms with Crippen LogP contribution in [-0.2, 0) is 6.54 Å². The van der Waals surface area contributed by atoms with Crippen molar-refractivity contribution in [1.82, 2.24) is 15.2 Å². The van der Waals surface area contributed by atoms with E-state index in [-0.39, 0.29) is 0 Å². The van der Waals surface area contributed by atoms with Crippen molar-refractivity contribution in [3.63, 3.8) is 0 Å². The van der Waals surface area contributed by atoms with E-state index in [0.717, 1.165) is 22.5 Å². The maximum absolute atomic E-state index is 5.65. The minimum Gasteiger partial charge on any atom is -0.326 e. The van der Waals surface area contributed by atoms with Gasteiger partial charge in [-0.3, -0.25) is 10.1 Å². The SMILES string of the molecule is Cc1[nH]nc(-c2cccnc2)c1CN. The van der Waals surface area contributed by atoms with Crippen LogP contribution < -0.4 is 5.73 Å².